The van der Waals surface area contributed by atoms with E-state index in [9.17, 15) is 0 Å². The topological polar surface area (TPSA) is 56.5 Å². The molecule has 51 heavy (non-hydrogen) atoms. The zero-order chi connectivity index (χ0) is 33.7. The summed E-state index contributed by atoms with van der Waals surface area (Å²) in [5.74, 6) is 2.80. The fourth-order valence-corrected chi connectivity index (χ4v) is 7.26. The maximum atomic E-state index is 5.49. The van der Waals surface area contributed by atoms with Crippen LogP contribution in [0.3, 0.4) is 0 Å². The summed E-state index contributed by atoms with van der Waals surface area (Å²) in [4.78, 5) is 20.3. The molecule has 2 aromatic heterocycles. The Hall–Kier alpha value is -6.98. The Kier molecular flexibility index (Phi) is 6.74. The molecule has 0 bridgehead atoms. The highest BCUT2D eigenvalue weighted by Gasteiger charge is 2.21. The molecular formula is C46H29N5. The van der Waals surface area contributed by atoms with Gasteiger partial charge in [0.15, 0.2) is 17.5 Å². The van der Waals surface area contributed by atoms with E-state index in [1.165, 1.54) is 16.2 Å². The van der Waals surface area contributed by atoms with E-state index < -0.39 is 0 Å². The molecule has 0 spiro atoms. The first-order valence-electron chi connectivity index (χ1n) is 17.1. The standard InChI is InChI=1S/C46H29N5/c1-3-15-31(16-4-1)43-48-44(32-17-5-2-6-18-32)50-45(49-43)33-26-28-34(29-27-33)51-42-39-24-12-10-22-37(39)36-21-9-11-23-38(36)41(42)47-46(51)40-25-13-19-30-14-7-8-20-35(30)40/h1-29H. The number of nitrogens with zero attached hydrogens (tertiary/aromatic N) is 5. The molecule has 0 amide bonds. The lowest BCUT2D eigenvalue weighted by Gasteiger charge is -2.14. The minimum absolute atomic E-state index is 0.621. The molecule has 5 heteroatoms. The molecule has 10 rings (SSSR count). The smallest absolute Gasteiger partial charge is 0.164 e. The first kappa shape index (κ1) is 29.0. The molecule has 5 nitrogen and oxygen atoms in total. The number of aromatic nitrogens is 5. The van der Waals surface area contributed by atoms with Crippen LogP contribution < -0.4 is 0 Å². The van der Waals surface area contributed by atoms with Crippen LogP contribution in [0.15, 0.2) is 176 Å². The van der Waals surface area contributed by atoms with Gasteiger partial charge < -0.3 is 0 Å². The zero-order valence-electron chi connectivity index (χ0n) is 27.5. The van der Waals surface area contributed by atoms with Crippen molar-refractivity contribution < 1.29 is 0 Å². The van der Waals surface area contributed by atoms with E-state index in [0.717, 1.165) is 61.0 Å². The monoisotopic (exact) mass is 651 g/mol. The van der Waals surface area contributed by atoms with Crippen molar-refractivity contribution >= 4 is 43.4 Å². The van der Waals surface area contributed by atoms with Crippen molar-refractivity contribution in [2.24, 2.45) is 0 Å². The highest BCUT2D eigenvalue weighted by molar-refractivity contribution is 6.24. The Bertz CT molecular complexity index is 2830. The van der Waals surface area contributed by atoms with E-state index in [4.69, 9.17) is 19.9 Å². The molecule has 0 aliphatic rings. The minimum Gasteiger partial charge on any atom is -0.292 e. The molecule has 0 N–H and O–H groups in total. The normalized spacial score (nSPS) is 11.5. The fraction of sp³-hybridized carbons (Fsp3) is 0. The van der Waals surface area contributed by atoms with Gasteiger partial charge >= 0.3 is 0 Å². The van der Waals surface area contributed by atoms with Crippen LogP contribution in [0.4, 0.5) is 0 Å². The van der Waals surface area contributed by atoms with Gasteiger partial charge in [-0.05, 0) is 45.8 Å². The number of rotatable bonds is 5. The highest BCUT2D eigenvalue weighted by atomic mass is 15.1. The summed E-state index contributed by atoms with van der Waals surface area (Å²) in [6.07, 6.45) is 0. The molecule has 0 aliphatic heterocycles. The lowest BCUT2D eigenvalue weighted by molar-refractivity contribution is 1.07. The Labute approximate surface area is 294 Å². The van der Waals surface area contributed by atoms with E-state index in [1.807, 2.05) is 60.7 Å². The van der Waals surface area contributed by atoms with Gasteiger partial charge in [-0.3, -0.25) is 4.57 Å². The van der Waals surface area contributed by atoms with Crippen LogP contribution in [-0.2, 0) is 0 Å². The summed E-state index contributed by atoms with van der Waals surface area (Å²) in [6.45, 7) is 0. The van der Waals surface area contributed by atoms with Gasteiger partial charge in [0.05, 0.1) is 11.0 Å². The Morgan fingerprint density at radius 1 is 0.333 bits per heavy atom. The van der Waals surface area contributed by atoms with Crippen LogP contribution in [-0.4, -0.2) is 24.5 Å². The third-order valence-electron chi connectivity index (χ3n) is 9.65. The zero-order valence-corrected chi connectivity index (χ0v) is 27.5. The molecule has 2 heterocycles. The maximum Gasteiger partial charge on any atom is 0.164 e. The van der Waals surface area contributed by atoms with E-state index in [1.54, 1.807) is 0 Å². The average Bonchev–Trinajstić information content (AvgIpc) is 3.62. The number of hydrogen-bond acceptors (Lipinski definition) is 4. The van der Waals surface area contributed by atoms with Gasteiger partial charge in [0.25, 0.3) is 0 Å². The van der Waals surface area contributed by atoms with Crippen LogP contribution in [0.25, 0.3) is 94.6 Å². The quantitative estimate of drug-likeness (QED) is 0.174. The lowest BCUT2D eigenvalue weighted by Crippen LogP contribution is -2.01. The molecule has 0 atom stereocenters. The van der Waals surface area contributed by atoms with Crippen molar-refractivity contribution in [3.05, 3.63) is 176 Å². The van der Waals surface area contributed by atoms with Gasteiger partial charge in [-0.2, -0.15) is 0 Å². The minimum atomic E-state index is 0.621. The first-order valence-corrected chi connectivity index (χ1v) is 17.1. The van der Waals surface area contributed by atoms with Crippen molar-refractivity contribution in [1.29, 1.82) is 0 Å². The summed E-state index contributed by atoms with van der Waals surface area (Å²) in [7, 11) is 0. The average molecular weight is 652 g/mol. The van der Waals surface area contributed by atoms with Crippen molar-refractivity contribution in [1.82, 2.24) is 24.5 Å². The number of fused-ring (bicyclic) bond motifs is 7. The second kappa shape index (κ2) is 11.9. The molecule has 0 saturated carbocycles. The van der Waals surface area contributed by atoms with Gasteiger partial charge in [-0.25, -0.2) is 19.9 Å². The third-order valence-corrected chi connectivity index (χ3v) is 9.65. The Balaban J connectivity index is 1.22. The molecular weight excluding hydrogens is 623 g/mol. The summed E-state index contributed by atoms with van der Waals surface area (Å²) in [5, 5.41) is 7.03. The maximum absolute atomic E-state index is 5.49. The van der Waals surface area contributed by atoms with Crippen LogP contribution in [0.5, 0.6) is 0 Å². The molecule has 0 aliphatic carbocycles. The molecule has 0 radical (unpaired) electrons. The molecule has 8 aromatic carbocycles. The molecule has 0 saturated heterocycles. The van der Waals surface area contributed by atoms with Gasteiger partial charge in [0, 0.05) is 38.7 Å². The van der Waals surface area contributed by atoms with Crippen LogP contribution >= 0.6 is 0 Å². The second-order valence-corrected chi connectivity index (χ2v) is 12.7. The number of hydrogen-bond donors (Lipinski definition) is 0. The number of imidazole rings is 1. The first-order chi connectivity index (χ1) is 25.3. The van der Waals surface area contributed by atoms with Crippen molar-refractivity contribution in [3.8, 4) is 51.2 Å². The summed E-state index contributed by atoms with van der Waals surface area (Å²) >= 11 is 0. The Morgan fingerprint density at radius 3 is 1.43 bits per heavy atom. The summed E-state index contributed by atoms with van der Waals surface area (Å²) in [5.41, 5.74) is 6.94. The number of benzene rings is 8. The van der Waals surface area contributed by atoms with Gasteiger partial charge in [-0.1, -0.05) is 152 Å². The van der Waals surface area contributed by atoms with Gasteiger partial charge in [0.1, 0.15) is 5.82 Å². The SMILES string of the molecule is c1ccc(-c2nc(-c3ccccc3)nc(-c3ccc(-n4c(-c5cccc6ccccc56)nc5c6ccccc6c6ccccc6c54)cc3)n2)cc1. The summed E-state index contributed by atoms with van der Waals surface area (Å²) < 4.78 is 2.33. The van der Waals surface area contributed by atoms with E-state index in [0.29, 0.717) is 17.5 Å². The third kappa shape index (κ3) is 4.86. The van der Waals surface area contributed by atoms with E-state index >= 15 is 0 Å². The molecule has 238 valence electrons. The lowest BCUT2D eigenvalue weighted by atomic mass is 10.00. The molecule has 0 fully saturated rings. The van der Waals surface area contributed by atoms with Crippen LogP contribution in [0, 0.1) is 0 Å². The van der Waals surface area contributed by atoms with Crippen molar-refractivity contribution in [3.63, 3.8) is 0 Å². The predicted molar refractivity (Wildman–Crippen MR) is 209 cm³/mol. The van der Waals surface area contributed by atoms with Gasteiger partial charge in [-0.15, -0.1) is 0 Å². The van der Waals surface area contributed by atoms with Crippen LogP contribution in [0.2, 0.25) is 0 Å². The van der Waals surface area contributed by atoms with E-state index in [2.05, 4.69) is 120 Å². The second-order valence-electron chi connectivity index (χ2n) is 12.7. The van der Waals surface area contributed by atoms with Crippen molar-refractivity contribution in [2.45, 2.75) is 0 Å². The van der Waals surface area contributed by atoms with E-state index in [-0.39, 0.29) is 0 Å². The molecule has 10 aromatic rings. The Morgan fingerprint density at radius 2 is 0.804 bits per heavy atom. The molecule has 0 unspecified atom stereocenters. The van der Waals surface area contributed by atoms with Gasteiger partial charge in [0.2, 0.25) is 0 Å². The summed E-state index contributed by atoms with van der Waals surface area (Å²) in [6, 6.07) is 60.9. The van der Waals surface area contributed by atoms with Crippen molar-refractivity contribution in [2.75, 3.05) is 0 Å². The largest absolute Gasteiger partial charge is 0.292 e. The van der Waals surface area contributed by atoms with Crippen LogP contribution in [0.1, 0.15) is 0 Å². The fourth-order valence-electron chi connectivity index (χ4n) is 7.26. The predicted octanol–water partition coefficient (Wildman–Crippen LogP) is 11.3. The highest BCUT2D eigenvalue weighted by Crippen LogP contribution is 2.40.